The van der Waals surface area contributed by atoms with E-state index in [1.807, 2.05) is 0 Å². The summed E-state index contributed by atoms with van der Waals surface area (Å²) in [4.78, 5) is 12.3. The van der Waals surface area contributed by atoms with E-state index >= 15 is 0 Å². The van der Waals surface area contributed by atoms with E-state index in [4.69, 9.17) is 10.5 Å². The van der Waals surface area contributed by atoms with E-state index in [-0.39, 0.29) is 12.2 Å². The summed E-state index contributed by atoms with van der Waals surface area (Å²) in [5, 5.41) is 4.29. The van der Waals surface area contributed by atoms with Crippen molar-refractivity contribution in [2.45, 2.75) is 12.7 Å². The van der Waals surface area contributed by atoms with Crippen LogP contribution in [0.2, 0.25) is 0 Å². The van der Waals surface area contributed by atoms with Crippen LogP contribution < -0.4 is 16.0 Å². The highest BCUT2D eigenvalue weighted by atomic mass is 19.4. The van der Waals surface area contributed by atoms with Crippen molar-refractivity contribution < 1.29 is 17.9 Å². The molecule has 0 atom stereocenters. The third-order valence-corrected chi connectivity index (χ3v) is 3.98. The highest BCUT2D eigenvalue weighted by Crippen LogP contribution is 2.29. The number of nitrogen functional groups attached to an aromatic ring is 1. The summed E-state index contributed by atoms with van der Waals surface area (Å²) < 4.78 is 44.3. The zero-order valence-corrected chi connectivity index (χ0v) is 14.3. The monoisotopic (exact) mass is 375 g/mol. The van der Waals surface area contributed by atoms with Gasteiger partial charge in [-0.25, -0.2) is 4.68 Å². The van der Waals surface area contributed by atoms with Crippen LogP contribution in [-0.4, -0.2) is 16.9 Å². The molecule has 0 saturated heterocycles. The smallest absolute Gasteiger partial charge is 0.416 e. The number of ether oxygens (including phenoxy) is 1. The Morgan fingerprint density at radius 2 is 1.81 bits per heavy atom. The van der Waals surface area contributed by atoms with Gasteiger partial charge in [-0.1, -0.05) is 24.3 Å². The standard InChI is InChI=1S/C19H16F3N3O2/c1-27-15-4-2-3-13(9-15)17-10-16(23)18(26)25(24-17)11-12-5-7-14(8-6-12)19(20,21)22/h2-10H,11,23H2,1H3. The Kier molecular flexibility index (Phi) is 4.89. The van der Waals surface area contributed by atoms with Gasteiger partial charge in [0.25, 0.3) is 5.56 Å². The van der Waals surface area contributed by atoms with Crippen LogP contribution in [0.15, 0.2) is 59.4 Å². The van der Waals surface area contributed by atoms with Gasteiger partial charge < -0.3 is 10.5 Å². The van der Waals surface area contributed by atoms with E-state index in [1.54, 1.807) is 24.3 Å². The maximum atomic E-state index is 12.7. The van der Waals surface area contributed by atoms with Gasteiger partial charge >= 0.3 is 6.18 Å². The quantitative estimate of drug-likeness (QED) is 0.757. The second-order valence-corrected chi connectivity index (χ2v) is 5.87. The Balaban J connectivity index is 1.96. The SMILES string of the molecule is COc1cccc(-c2cc(N)c(=O)n(Cc3ccc(C(F)(F)F)cc3)n2)c1. The summed E-state index contributed by atoms with van der Waals surface area (Å²) in [6.07, 6.45) is -4.41. The number of benzene rings is 2. The Hall–Kier alpha value is -3.29. The molecular formula is C19H16F3N3O2. The Morgan fingerprint density at radius 1 is 1.11 bits per heavy atom. The van der Waals surface area contributed by atoms with Gasteiger partial charge in [0.05, 0.1) is 24.9 Å². The normalized spacial score (nSPS) is 11.4. The number of nitrogens with two attached hydrogens (primary N) is 1. The second-order valence-electron chi connectivity index (χ2n) is 5.87. The van der Waals surface area contributed by atoms with Crippen molar-refractivity contribution in [3.05, 3.63) is 76.1 Å². The molecule has 2 N–H and O–H groups in total. The number of hydrogen-bond donors (Lipinski definition) is 1. The highest BCUT2D eigenvalue weighted by Gasteiger charge is 2.29. The molecule has 3 aromatic rings. The molecule has 0 bridgehead atoms. The molecule has 3 rings (SSSR count). The second kappa shape index (κ2) is 7.14. The molecule has 0 aliphatic heterocycles. The van der Waals surface area contributed by atoms with Gasteiger partial charge in [-0.15, -0.1) is 0 Å². The number of anilines is 1. The molecule has 140 valence electrons. The maximum Gasteiger partial charge on any atom is 0.416 e. The van der Waals surface area contributed by atoms with Crippen LogP contribution in [0.1, 0.15) is 11.1 Å². The van der Waals surface area contributed by atoms with Crippen molar-refractivity contribution in [3.8, 4) is 17.0 Å². The van der Waals surface area contributed by atoms with Crippen LogP contribution in [0.4, 0.5) is 18.9 Å². The van der Waals surface area contributed by atoms with Crippen LogP contribution in [0.25, 0.3) is 11.3 Å². The number of methoxy groups -OCH3 is 1. The number of alkyl halides is 3. The molecule has 0 fully saturated rings. The summed E-state index contributed by atoms with van der Waals surface area (Å²) in [5.74, 6) is 0.619. The van der Waals surface area contributed by atoms with E-state index in [1.165, 1.54) is 25.3 Å². The summed E-state index contributed by atoms with van der Waals surface area (Å²) in [6.45, 7) is -0.00101. The molecule has 27 heavy (non-hydrogen) atoms. The average Bonchev–Trinajstić information content (AvgIpc) is 2.65. The number of nitrogens with zero attached hydrogens (tertiary/aromatic N) is 2. The van der Waals surface area contributed by atoms with Gasteiger partial charge in [0.15, 0.2) is 0 Å². The minimum absolute atomic E-state index is 0.00101. The first-order chi connectivity index (χ1) is 12.8. The van der Waals surface area contributed by atoms with Gasteiger partial charge in [0, 0.05) is 5.56 Å². The Morgan fingerprint density at radius 3 is 2.44 bits per heavy atom. The van der Waals surface area contributed by atoms with Crippen LogP contribution in [0, 0.1) is 0 Å². The summed E-state index contributed by atoms with van der Waals surface area (Å²) >= 11 is 0. The molecule has 8 heteroatoms. The van der Waals surface area contributed by atoms with Crippen molar-refractivity contribution >= 4 is 5.69 Å². The van der Waals surface area contributed by atoms with Crippen molar-refractivity contribution in [1.29, 1.82) is 0 Å². The zero-order chi connectivity index (χ0) is 19.6. The summed E-state index contributed by atoms with van der Waals surface area (Å²) in [7, 11) is 1.53. The molecule has 2 aromatic carbocycles. The van der Waals surface area contributed by atoms with Gasteiger partial charge in [0.1, 0.15) is 11.4 Å². The van der Waals surface area contributed by atoms with Crippen molar-refractivity contribution in [3.63, 3.8) is 0 Å². The first-order valence-corrected chi connectivity index (χ1v) is 7.96. The van der Waals surface area contributed by atoms with Crippen LogP contribution in [-0.2, 0) is 12.7 Å². The molecule has 1 aromatic heterocycles. The van der Waals surface area contributed by atoms with Crippen molar-refractivity contribution in [2.75, 3.05) is 12.8 Å². The fourth-order valence-corrected chi connectivity index (χ4v) is 2.57. The molecule has 0 amide bonds. The van der Waals surface area contributed by atoms with E-state index in [2.05, 4.69) is 5.10 Å². The topological polar surface area (TPSA) is 70.1 Å². The first-order valence-electron chi connectivity index (χ1n) is 7.96. The van der Waals surface area contributed by atoms with E-state index in [0.29, 0.717) is 22.6 Å². The minimum atomic E-state index is -4.41. The third-order valence-electron chi connectivity index (χ3n) is 3.98. The lowest BCUT2D eigenvalue weighted by Crippen LogP contribution is -2.26. The van der Waals surface area contributed by atoms with Gasteiger partial charge in [-0.3, -0.25) is 4.79 Å². The van der Waals surface area contributed by atoms with Crippen LogP contribution >= 0.6 is 0 Å². The Bertz CT molecular complexity index is 1010. The summed E-state index contributed by atoms with van der Waals surface area (Å²) in [5.41, 5.74) is 6.19. The summed E-state index contributed by atoms with van der Waals surface area (Å²) in [6, 6.07) is 13.1. The van der Waals surface area contributed by atoms with E-state index < -0.39 is 17.3 Å². The molecular weight excluding hydrogens is 359 g/mol. The first kappa shape index (κ1) is 18.5. The predicted molar refractivity (Wildman–Crippen MR) is 95.4 cm³/mol. The lowest BCUT2D eigenvalue weighted by molar-refractivity contribution is -0.137. The molecule has 0 spiro atoms. The van der Waals surface area contributed by atoms with Gasteiger partial charge in [-0.2, -0.15) is 18.3 Å². The fourth-order valence-electron chi connectivity index (χ4n) is 2.57. The Labute approximate surface area is 152 Å². The molecule has 0 aliphatic carbocycles. The maximum absolute atomic E-state index is 12.7. The zero-order valence-electron chi connectivity index (χ0n) is 14.3. The van der Waals surface area contributed by atoms with E-state index in [9.17, 15) is 18.0 Å². The van der Waals surface area contributed by atoms with Crippen LogP contribution in [0.3, 0.4) is 0 Å². The lowest BCUT2D eigenvalue weighted by atomic mass is 10.1. The van der Waals surface area contributed by atoms with Gasteiger partial charge in [-0.05, 0) is 35.9 Å². The predicted octanol–water partition coefficient (Wildman–Crippen LogP) is 3.57. The number of aromatic nitrogens is 2. The molecule has 0 radical (unpaired) electrons. The number of halogens is 3. The largest absolute Gasteiger partial charge is 0.497 e. The molecule has 1 heterocycles. The number of rotatable bonds is 4. The molecule has 5 nitrogen and oxygen atoms in total. The fraction of sp³-hybridized carbons (Fsp3) is 0.158. The molecule has 0 aliphatic rings. The minimum Gasteiger partial charge on any atom is -0.497 e. The van der Waals surface area contributed by atoms with E-state index in [0.717, 1.165) is 16.8 Å². The molecule has 0 saturated carbocycles. The third kappa shape index (κ3) is 4.11. The highest BCUT2D eigenvalue weighted by molar-refractivity contribution is 5.63. The van der Waals surface area contributed by atoms with Gasteiger partial charge in [0.2, 0.25) is 0 Å². The molecule has 0 unspecified atom stereocenters. The lowest BCUT2D eigenvalue weighted by Gasteiger charge is -2.11. The van der Waals surface area contributed by atoms with Crippen molar-refractivity contribution in [2.24, 2.45) is 0 Å². The average molecular weight is 375 g/mol. The number of hydrogen-bond acceptors (Lipinski definition) is 4. The van der Waals surface area contributed by atoms with Crippen LogP contribution in [0.5, 0.6) is 5.75 Å². The van der Waals surface area contributed by atoms with Crippen molar-refractivity contribution in [1.82, 2.24) is 9.78 Å².